The summed E-state index contributed by atoms with van der Waals surface area (Å²) < 4.78 is 0. The van der Waals surface area contributed by atoms with Crippen LogP contribution < -0.4 is 0 Å². The number of hydrogen-bond acceptors (Lipinski definition) is 4. The predicted molar refractivity (Wildman–Crippen MR) is 140 cm³/mol. The second kappa shape index (κ2) is 12.2. The zero-order valence-electron chi connectivity index (χ0n) is 20.1. The monoisotopic (exact) mass is 481 g/mol. The molecule has 6 heteroatoms. The molecular formula is C28H36ClN3O2. The molecule has 2 aromatic rings. The number of aliphatic carboxylic acids is 1. The number of carboxylic acids is 1. The summed E-state index contributed by atoms with van der Waals surface area (Å²) in [6.07, 6.45) is 7.55. The quantitative estimate of drug-likeness (QED) is 0.597. The predicted octanol–water partition coefficient (Wildman–Crippen LogP) is 4.59. The van der Waals surface area contributed by atoms with E-state index in [0.717, 1.165) is 45.6 Å². The highest BCUT2D eigenvalue weighted by Gasteiger charge is 2.35. The fourth-order valence-electron chi connectivity index (χ4n) is 4.76. The van der Waals surface area contributed by atoms with Gasteiger partial charge in [-0.05, 0) is 55.5 Å². The van der Waals surface area contributed by atoms with Crippen LogP contribution in [-0.4, -0.2) is 64.2 Å². The Balaban J connectivity index is 0.00000324. The third-order valence-electron chi connectivity index (χ3n) is 6.66. The van der Waals surface area contributed by atoms with Crippen LogP contribution in [0.3, 0.4) is 0 Å². The second-order valence-corrected chi connectivity index (χ2v) is 9.30. The van der Waals surface area contributed by atoms with Crippen molar-refractivity contribution >= 4 is 18.4 Å². The Hall–Kier alpha value is -2.60. The lowest BCUT2D eigenvalue weighted by Crippen LogP contribution is -2.57. The van der Waals surface area contributed by atoms with Gasteiger partial charge in [-0.15, -0.1) is 12.4 Å². The maximum absolute atomic E-state index is 11.9. The van der Waals surface area contributed by atoms with Crippen LogP contribution in [0.15, 0.2) is 78.5 Å². The summed E-state index contributed by atoms with van der Waals surface area (Å²) in [6, 6.07) is 19.9. The van der Waals surface area contributed by atoms with Gasteiger partial charge in [0.15, 0.2) is 0 Å². The largest absolute Gasteiger partial charge is 0.478 e. The van der Waals surface area contributed by atoms with Crippen molar-refractivity contribution in [3.63, 3.8) is 0 Å². The maximum atomic E-state index is 11.9. The van der Waals surface area contributed by atoms with E-state index in [9.17, 15) is 9.90 Å². The van der Waals surface area contributed by atoms with Crippen molar-refractivity contribution in [2.75, 3.05) is 26.2 Å². The molecule has 4 rings (SSSR count). The maximum Gasteiger partial charge on any atom is 0.335 e. The van der Waals surface area contributed by atoms with Crippen LogP contribution in [0.4, 0.5) is 0 Å². The Bertz CT molecular complexity index is 980. The molecule has 1 atom stereocenters. The van der Waals surface area contributed by atoms with Crippen LogP contribution >= 0.6 is 12.4 Å². The molecule has 182 valence electrons. The minimum atomic E-state index is -0.829. The molecule has 2 aliphatic rings. The van der Waals surface area contributed by atoms with Crippen LogP contribution in [0, 0.1) is 0 Å². The molecule has 2 aromatic carbocycles. The first-order valence-corrected chi connectivity index (χ1v) is 12.0. The van der Waals surface area contributed by atoms with Gasteiger partial charge in [0.25, 0.3) is 0 Å². The Labute approximate surface area is 209 Å². The average molecular weight is 482 g/mol. The highest BCUT2D eigenvalue weighted by molar-refractivity contribution is 5.88. The molecule has 1 fully saturated rings. The van der Waals surface area contributed by atoms with Crippen molar-refractivity contribution in [3.8, 4) is 0 Å². The molecule has 1 saturated heterocycles. The van der Waals surface area contributed by atoms with Crippen LogP contribution in [0.5, 0.6) is 0 Å². The molecule has 2 aliphatic heterocycles. The summed E-state index contributed by atoms with van der Waals surface area (Å²) >= 11 is 0. The van der Waals surface area contributed by atoms with Gasteiger partial charge in [0, 0.05) is 45.0 Å². The molecule has 1 N–H and O–H groups in total. The van der Waals surface area contributed by atoms with Crippen molar-refractivity contribution in [2.45, 2.75) is 45.4 Å². The van der Waals surface area contributed by atoms with Gasteiger partial charge in [-0.2, -0.15) is 0 Å². The molecule has 0 aliphatic carbocycles. The van der Waals surface area contributed by atoms with E-state index in [2.05, 4.69) is 83.1 Å². The van der Waals surface area contributed by atoms with E-state index >= 15 is 0 Å². The van der Waals surface area contributed by atoms with E-state index < -0.39 is 5.97 Å². The molecule has 5 nitrogen and oxygen atoms in total. The van der Waals surface area contributed by atoms with Gasteiger partial charge >= 0.3 is 5.97 Å². The van der Waals surface area contributed by atoms with Gasteiger partial charge < -0.3 is 10.0 Å². The van der Waals surface area contributed by atoms with E-state index in [1.807, 2.05) is 12.3 Å². The number of benzene rings is 2. The van der Waals surface area contributed by atoms with Gasteiger partial charge in [0.05, 0.1) is 5.57 Å². The SMILES string of the molecule is CC(C)N1C=CC=C(C(=O)O)C1N1CCN(Cc2ccc(CCc3ccccc3)cc2)CC1.Cl. The van der Waals surface area contributed by atoms with E-state index in [4.69, 9.17) is 0 Å². The zero-order valence-corrected chi connectivity index (χ0v) is 21.0. The van der Waals surface area contributed by atoms with Crippen molar-refractivity contribution in [2.24, 2.45) is 0 Å². The summed E-state index contributed by atoms with van der Waals surface area (Å²) in [5, 5.41) is 9.75. The fraction of sp³-hybridized carbons (Fsp3) is 0.393. The topological polar surface area (TPSA) is 47.0 Å². The fourth-order valence-corrected chi connectivity index (χ4v) is 4.76. The Morgan fingerprint density at radius 3 is 2.09 bits per heavy atom. The number of piperazine rings is 1. The van der Waals surface area contributed by atoms with Crippen molar-refractivity contribution in [1.29, 1.82) is 0 Å². The Kier molecular flexibility index (Phi) is 9.34. The minimum absolute atomic E-state index is 0. The van der Waals surface area contributed by atoms with E-state index in [1.165, 1.54) is 16.7 Å². The highest BCUT2D eigenvalue weighted by Crippen LogP contribution is 2.24. The molecule has 0 bridgehead atoms. The average Bonchev–Trinajstić information content (AvgIpc) is 2.84. The molecular weight excluding hydrogens is 446 g/mol. The lowest BCUT2D eigenvalue weighted by atomic mass is 10.0. The third-order valence-corrected chi connectivity index (χ3v) is 6.66. The molecule has 0 aromatic heterocycles. The van der Waals surface area contributed by atoms with E-state index in [1.54, 1.807) is 6.08 Å². The molecule has 0 spiro atoms. The Morgan fingerprint density at radius 2 is 1.50 bits per heavy atom. The first-order valence-electron chi connectivity index (χ1n) is 12.0. The molecule has 0 saturated carbocycles. The summed E-state index contributed by atoms with van der Waals surface area (Å²) in [4.78, 5) is 18.8. The summed E-state index contributed by atoms with van der Waals surface area (Å²) in [5.74, 6) is -0.829. The zero-order chi connectivity index (χ0) is 23.2. The molecule has 0 radical (unpaired) electrons. The van der Waals surface area contributed by atoms with Gasteiger partial charge in [-0.1, -0.05) is 54.6 Å². The van der Waals surface area contributed by atoms with Gasteiger partial charge in [-0.25, -0.2) is 4.79 Å². The number of hydrogen-bond donors (Lipinski definition) is 1. The standard InChI is InChI=1S/C28H35N3O2.ClH/c1-22(2)31-16-6-9-26(28(32)33)27(31)30-19-17-29(18-20-30)21-25-14-12-24(13-15-25)11-10-23-7-4-3-5-8-23;/h3-9,12-16,22,27H,10-11,17-21H2,1-2H3,(H,32,33);1H. The van der Waals surface area contributed by atoms with Gasteiger partial charge in [-0.3, -0.25) is 9.80 Å². The molecule has 0 amide bonds. The molecule has 34 heavy (non-hydrogen) atoms. The number of halogens is 1. The third kappa shape index (κ3) is 6.50. The van der Waals surface area contributed by atoms with Crippen molar-refractivity contribution < 1.29 is 9.90 Å². The van der Waals surface area contributed by atoms with Crippen LogP contribution in [-0.2, 0) is 24.2 Å². The molecule has 2 heterocycles. The second-order valence-electron chi connectivity index (χ2n) is 9.30. The van der Waals surface area contributed by atoms with Gasteiger partial charge in [0.2, 0.25) is 0 Å². The number of carbonyl (C=O) groups is 1. The summed E-state index contributed by atoms with van der Waals surface area (Å²) in [6.45, 7) is 8.77. The van der Waals surface area contributed by atoms with Crippen molar-refractivity contribution in [1.82, 2.24) is 14.7 Å². The lowest BCUT2D eigenvalue weighted by molar-refractivity contribution is -0.134. The molecule has 1 unspecified atom stereocenters. The van der Waals surface area contributed by atoms with Crippen LogP contribution in [0.25, 0.3) is 0 Å². The number of aryl methyl sites for hydroxylation is 2. The summed E-state index contributed by atoms with van der Waals surface area (Å²) in [5.41, 5.74) is 4.55. The van der Waals surface area contributed by atoms with E-state index in [0.29, 0.717) is 5.57 Å². The van der Waals surface area contributed by atoms with Crippen LogP contribution in [0.1, 0.15) is 30.5 Å². The van der Waals surface area contributed by atoms with Crippen LogP contribution in [0.2, 0.25) is 0 Å². The normalized spacial score (nSPS) is 19.1. The number of rotatable bonds is 8. The number of nitrogens with zero attached hydrogens (tertiary/aromatic N) is 3. The number of carboxylic acid groups (broad SMARTS) is 1. The first kappa shape index (κ1) is 26.0. The first-order chi connectivity index (χ1) is 16.0. The minimum Gasteiger partial charge on any atom is -0.478 e. The Morgan fingerprint density at radius 1 is 0.912 bits per heavy atom. The smallest absolute Gasteiger partial charge is 0.335 e. The van der Waals surface area contributed by atoms with E-state index in [-0.39, 0.29) is 24.6 Å². The summed E-state index contributed by atoms with van der Waals surface area (Å²) in [7, 11) is 0. The van der Waals surface area contributed by atoms with Crippen molar-refractivity contribution in [3.05, 3.63) is 95.2 Å². The number of allylic oxidation sites excluding steroid dienone is 2. The highest BCUT2D eigenvalue weighted by atomic mass is 35.5. The lowest BCUT2D eigenvalue weighted by Gasteiger charge is -2.46. The van der Waals surface area contributed by atoms with Gasteiger partial charge in [0.1, 0.15) is 6.17 Å².